The topological polar surface area (TPSA) is 67.4 Å². The number of anilines is 1. The number of methoxy groups -OCH3 is 3. The van der Waals surface area contributed by atoms with Crippen LogP contribution >= 0.6 is 0 Å². The molecule has 1 aliphatic heterocycles. The van der Waals surface area contributed by atoms with Crippen LogP contribution in [0.2, 0.25) is 0 Å². The summed E-state index contributed by atoms with van der Waals surface area (Å²) in [5.74, 6) is 2.83. The van der Waals surface area contributed by atoms with Crippen molar-refractivity contribution >= 4 is 11.6 Å². The van der Waals surface area contributed by atoms with Crippen LogP contribution in [0.1, 0.15) is 18.9 Å². The van der Waals surface area contributed by atoms with Crippen LogP contribution in [-0.2, 0) is 6.54 Å². The second-order valence-corrected chi connectivity index (χ2v) is 7.13. The molecular formula is C23H32N4O3. The zero-order valence-electron chi connectivity index (χ0n) is 18.3. The van der Waals surface area contributed by atoms with Gasteiger partial charge in [-0.15, -0.1) is 0 Å². The van der Waals surface area contributed by atoms with Crippen LogP contribution in [0.25, 0.3) is 0 Å². The molecule has 0 amide bonds. The third-order valence-electron chi connectivity index (χ3n) is 5.19. The van der Waals surface area contributed by atoms with Gasteiger partial charge in [-0.3, -0.25) is 0 Å². The van der Waals surface area contributed by atoms with E-state index in [4.69, 9.17) is 19.2 Å². The molecule has 162 valence electrons. The van der Waals surface area contributed by atoms with Crippen LogP contribution in [0.3, 0.4) is 0 Å². The van der Waals surface area contributed by atoms with Gasteiger partial charge >= 0.3 is 0 Å². The molecule has 7 nitrogen and oxygen atoms in total. The Balaban J connectivity index is 1.69. The summed E-state index contributed by atoms with van der Waals surface area (Å²) in [6, 6.07) is 14.6. The Kier molecular flexibility index (Phi) is 7.65. The summed E-state index contributed by atoms with van der Waals surface area (Å²) in [6.07, 6.45) is 1.07. The van der Waals surface area contributed by atoms with Crippen molar-refractivity contribution < 1.29 is 14.2 Å². The molecule has 2 N–H and O–H groups in total. The van der Waals surface area contributed by atoms with Gasteiger partial charge < -0.3 is 29.7 Å². The maximum atomic E-state index is 5.52. The molecule has 0 bridgehead atoms. The van der Waals surface area contributed by atoms with E-state index < -0.39 is 0 Å². The molecule has 0 saturated carbocycles. The van der Waals surface area contributed by atoms with Crippen LogP contribution in [0.4, 0.5) is 5.69 Å². The summed E-state index contributed by atoms with van der Waals surface area (Å²) in [5, 5.41) is 6.92. The van der Waals surface area contributed by atoms with Crippen molar-refractivity contribution in [3.8, 4) is 17.2 Å². The number of para-hydroxylation sites is 1. The summed E-state index contributed by atoms with van der Waals surface area (Å²) in [6.45, 7) is 5.32. The third-order valence-corrected chi connectivity index (χ3v) is 5.19. The number of nitrogens with zero attached hydrogens (tertiary/aromatic N) is 2. The molecule has 2 aromatic carbocycles. The molecule has 1 aliphatic rings. The minimum absolute atomic E-state index is 0.343. The number of ether oxygens (including phenoxy) is 3. The van der Waals surface area contributed by atoms with Crippen LogP contribution in [0, 0.1) is 0 Å². The lowest BCUT2D eigenvalue weighted by Gasteiger charge is -2.20. The first-order valence-corrected chi connectivity index (χ1v) is 10.3. The molecule has 0 aromatic heterocycles. The molecule has 1 saturated heterocycles. The van der Waals surface area contributed by atoms with Crippen molar-refractivity contribution in [3.63, 3.8) is 0 Å². The fourth-order valence-electron chi connectivity index (χ4n) is 3.65. The van der Waals surface area contributed by atoms with Crippen LogP contribution in [0.5, 0.6) is 17.2 Å². The van der Waals surface area contributed by atoms with Crippen LogP contribution < -0.4 is 29.7 Å². The van der Waals surface area contributed by atoms with Gasteiger partial charge in [-0.05, 0) is 31.5 Å². The molecule has 0 radical (unpaired) electrons. The number of nitrogens with one attached hydrogen (secondary N) is 2. The average Bonchev–Trinajstić information content (AvgIpc) is 3.26. The molecule has 0 aliphatic carbocycles. The number of hydrogen-bond donors (Lipinski definition) is 2. The smallest absolute Gasteiger partial charge is 0.191 e. The van der Waals surface area contributed by atoms with Gasteiger partial charge in [-0.1, -0.05) is 18.2 Å². The second kappa shape index (κ2) is 10.6. The highest BCUT2D eigenvalue weighted by Gasteiger charge is 2.23. The quantitative estimate of drug-likeness (QED) is 0.513. The van der Waals surface area contributed by atoms with Gasteiger partial charge in [0.05, 0.1) is 27.9 Å². The number of guanidine groups is 1. The first-order valence-electron chi connectivity index (χ1n) is 10.3. The Hall–Kier alpha value is -3.09. The Morgan fingerprint density at radius 2 is 1.73 bits per heavy atom. The highest BCUT2D eigenvalue weighted by Crippen LogP contribution is 2.34. The molecule has 1 heterocycles. The van der Waals surface area contributed by atoms with E-state index in [-0.39, 0.29) is 0 Å². The first kappa shape index (κ1) is 21.6. The fraction of sp³-hybridized carbons (Fsp3) is 0.435. The number of hydrogen-bond acceptors (Lipinski definition) is 5. The SMILES string of the molecule is CCNC(=NCc1cc(OC)c(OC)cc1OC)NC1CCN(c2ccccc2)C1. The molecule has 7 heteroatoms. The molecule has 1 fully saturated rings. The van der Waals surface area contributed by atoms with Gasteiger partial charge in [0.15, 0.2) is 17.5 Å². The van der Waals surface area contributed by atoms with Crippen molar-refractivity contribution in [1.29, 1.82) is 0 Å². The number of rotatable bonds is 8. The maximum absolute atomic E-state index is 5.52. The minimum Gasteiger partial charge on any atom is -0.496 e. The lowest BCUT2D eigenvalue weighted by molar-refractivity contribution is 0.347. The molecule has 0 spiro atoms. The van der Waals surface area contributed by atoms with Crippen molar-refractivity contribution in [2.24, 2.45) is 4.99 Å². The highest BCUT2D eigenvalue weighted by molar-refractivity contribution is 5.80. The Morgan fingerprint density at radius 1 is 1.03 bits per heavy atom. The van der Waals surface area contributed by atoms with E-state index in [9.17, 15) is 0 Å². The lowest BCUT2D eigenvalue weighted by atomic mass is 10.1. The summed E-state index contributed by atoms with van der Waals surface area (Å²) >= 11 is 0. The Labute approximate surface area is 179 Å². The van der Waals surface area contributed by atoms with Crippen molar-refractivity contribution in [2.45, 2.75) is 25.9 Å². The molecule has 3 rings (SSSR count). The van der Waals surface area contributed by atoms with E-state index >= 15 is 0 Å². The van der Waals surface area contributed by atoms with E-state index in [1.807, 2.05) is 18.2 Å². The predicted molar refractivity (Wildman–Crippen MR) is 121 cm³/mol. The summed E-state index contributed by atoms with van der Waals surface area (Å²) < 4.78 is 16.3. The summed E-state index contributed by atoms with van der Waals surface area (Å²) in [7, 11) is 4.89. The Bertz CT molecular complexity index is 842. The number of benzene rings is 2. The van der Waals surface area contributed by atoms with Crippen molar-refractivity contribution in [3.05, 3.63) is 48.0 Å². The van der Waals surface area contributed by atoms with Crippen molar-refractivity contribution in [2.75, 3.05) is 45.9 Å². The van der Waals surface area contributed by atoms with E-state index in [2.05, 4.69) is 46.7 Å². The van der Waals surface area contributed by atoms with Crippen LogP contribution in [0.15, 0.2) is 47.5 Å². The van der Waals surface area contributed by atoms with Crippen molar-refractivity contribution in [1.82, 2.24) is 10.6 Å². The van der Waals surface area contributed by atoms with Gasteiger partial charge in [-0.25, -0.2) is 4.99 Å². The van der Waals surface area contributed by atoms with E-state index in [0.717, 1.165) is 43.3 Å². The second-order valence-electron chi connectivity index (χ2n) is 7.13. The summed E-state index contributed by atoms with van der Waals surface area (Å²) in [4.78, 5) is 7.19. The van der Waals surface area contributed by atoms with Gasteiger partial charge in [0.1, 0.15) is 5.75 Å². The van der Waals surface area contributed by atoms with Gasteiger partial charge in [-0.2, -0.15) is 0 Å². The fourth-order valence-corrected chi connectivity index (χ4v) is 3.65. The zero-order chi connectivity index (χ0) is 21.3. The van der Waals surface area contributed by atoms with E-state index in [0.29, 0.717) is 24.1 Å². The standard InChI is InChI=1S/C23H32N4O3/c1-5-24-23(26-18-11-12-27(16-18)19-9-7-6-8-10-19)25-15-17-13-21(29-3)22(30-4)14-20(17)28-2/h6-10,13-14,18H,5,11-12,15-16H2,1-4H3,(H2,24,25,26). The lowest BCUT2D eigenvalue weighted by Crippen LogP contribution is -2.44. The molecule has 1 unspecified atom stereocenters. The van der Waals surface area contributed by atoms with E-state index in [1.165, 1.54) is 5.69 Å². The monoisotopic (exact) mass is 412 g/mol. The normalized spacial score (nSPS) is 16.3. The molecule has 2 aromatic rings. The maximum Gasteiger partial charge on any atom is 0.191 e. The van der Waals surface area contributed by atoms with Gasteiger partial charge in [0.2, 0.25) is 0 Å². The summed E-state index contributed by atoms with van der Waals surface area (Å²) in [5.41, 5.74) is 2.20. The minimum atomic E-state index is 0.343. The average molecular weight is 413 g/mol. The largest absolute Gasteiger partial charge is 0.496 e. The van der Waals surface area contributed by atoms with E-state index in [1.54, 1.807) is 21.3 Å². The Morgan fingerprint density at radius 3 is 2.40 bits per heavy atom. The molecular weight excluding hydrogens is 380 g/mol. The van der Waals surface area contributed by atoms with Gasteiger partial charge in [0, 0.05) is 43.0 Å². The molecule has 1 atom stereocenters. The highest BCUT2D eigenvalue weighted by atomic mass is 16.5. The molecule has 30 heavy (non-hydrogen) atoms. The first-order chi connectivity index (χ1) is 14.7. The third kappa shape index (κ3) is 5.28. The van der Waals surface area contributed by atoms with Gasteiger partial charge in [0.25, 0.3) is 0 Å². The number of aliphatic imine (C=N–C) groups is 1. The zero-order valence-corrected chi connectivity index (χ0v) is 18.3. The predicted octanol–water partition coefficient (Wildman–Crippen LogP) is 3.05. The van der Waals surface area contributed by atoms with Crippen LogP contribution in [-0.4, -0.2) is 53.0 Å².